The number of fused-ring (bicyclic) bond motifs is 5. The molecular formula is C32H58NO10PS. The van der Waals surface area contributed by atoms with E-state index in [0.717, 1.165) is 32.3 Å². The summed E-state index contributed by atoms with van der Waals surface area (Å²) < 4.78 is 55.8. The predicted molar refractivity (Wildman–Crippen MR) is 170 cm³/mol. The molecule has 4 rings (SSSR count). The lowest BCUT2D eigenvalue weighted by molar-refractivity contribution is -0.192. The van der Waals surface area contributed by atoms with Crippen molar-refractivity contribution in [2.24, 2.45) is 46.3 Å². The smallest absolute Gasteiger partial charge is 0.378 e. The van der Waals surface area contributed by atoms with Crippen LogP contribution in [0.4, 0.5) is 0 Å². The minimum Gasteiger partial charge on any atom is -0.378 e. The first-order chi connectivity index (χ1) is 21.0. The van der Waals surface area contributed by atoms with Gasteiger partial charge in [-0.15, -0.1) is 0 Å². The standard InChI is InChI=1S/C32H58NO10PS/c1-7-40-28-19-23-18-24(43-21(2)3)12-14-31(23,5)27-13-15-32(6)25(9-10-26(32)30(27)28)22(4)8-11-29(34)33-16-17-45(38,39)42-20-41-44(35,36)37/h21-28,30H,7-20H2,1-6H3,(H,33,34)(H2,35,36,37). The van der Waals surface area contributed by atoms with Crippen LogP contribution in [0.3, 0.4) is 0 Å². The van der Waals surface area contributed by atoms with Gasteiger partial charge in [-0.05, 0) is 125 Å². The molecule has 1 amide bonds. The highest BCUT2D eigenvalue weighted by Gasteiger charge is 2.63. The van der Waals surface area contributed by atoms with Crippen molar-refractivity contribution in [1.29, 1.82) is 0 Å². The average Bonchev–Trinajstić information content (AvgIpc) is 3.28. The molecule has 4 aliphatic carbocycles. The van der Waals surface area contributed by atoms with Gasteiger partial charge in [-0.3, -0.25) is 9.32 Å². The molecule has 11 nitrogen and oxygen atoms in total. The van der Waals surface area contributed by atoms with Crippen molar-refractivity contribution in [3.63, 3.8) is 0 Å². The summed E-state index contributed by atoms with van der Waals surface area (Å²) in [4.78, 5) is 29.9. The van der Waals surface area contributed by atoms with Crippen LogP contribution in [0.25, 0.3) is 0 Å². The molecule has 262 valence electrons. The molecule has 4 aliphatic rings. The number of carbonyl (C=O) groups is 1. The summed E-state index contributed by atoms with van der Waals surface area (Å²) in [5, 5.41) is 2.64. The number of rotatable bonds is 15. The fourth-order valence-electron chi connectivity index (χ4n) is 10.2. The Balaban J connectivity index is 1.32. The van der Waals surface area contributed by atoms with Crippen LogP contribution in [0.15, 0.2) is 0 Å². The number of carbonyl (C=O) groups excluding carboxylic acids is 1. The van der Waals surface area contributed by atoms with Gasteiger partial charge in [0.25, 0.3) is 10.1 Å². The summed E-state index contributed by atoms with van der Waals surface area (Å²) >= 11 is 0. The van der Waals surface area contributed by atoms with Crippen LogP contribution in [0.5, 0.6) is 0 Å². The van der Waals surface area contributed by atoms with Crippen molar-refractivity contribution in [3.05, 3.63) is 0 Å². The third-order valence-corrected chi connectivity index (χ3v) is 13.8. The van der Waals surface area contributed by atoms with E-state index >= 15 is 0 Å². The Morgan fingerprint density at radius 2 is 1.71 bits per heavy atom. The van der Waals surface area contributed by atoms with E-state index in [0.29, 0.717) is 59.6 Å². The lowest BCUT2D eigenvalue weighted by Crippen LogP contribution is -2.59. The van der Waals surface area contributed by atoms with Crippen molar-refractivity contribution in [2.45, 2.75) is 124 Å². The molecule has 0 aromatic carbocycles. The second kappa shape index (κ2) is 14.9. The number of hydrogen-bond donors (Lipinski definition) is 3. The van der Waals surface area contributed by atoms with Gasteiger partial charge in [0.15, 0.2) is 6.79 Å². The van der Waals surface area contributed by atoms with Crippen LogP contribution in [0, 0.1) is 46.3 Å². The van der Waals surface area contributed by atoms with E-state index in [1.165, 1.54) is 32.1 Å². The predicted octanol–water partition coefficient (Wildman–Crippen LogP) is 5.40. The molecule has 0 saturated heterocycles. The molecule has 0 aliphatic heterocycles. The molecule has 10 unspecified atom stereocenters. The number of hydrogen-bond acceptors (Lipinski definition) is 8. The maximum absolute atomic E-state index is 12.6. The van der Waals surface area contributed by atoms with Crippen LogP contribution in [0.2, 0.25) is 0 Å². The molecule has 0 spiro atoms. The van der Waals surface area contributed by atoms with Gasteiger partial charge in [-0.1, -0.05) is 20.8 Å². The highest BCUT2D eigenvalue weighted by atomic mass is 32.2. The number of phosphoric acid groups is 1. The highest BCUT2D eigenvalue weighted by molar-refractivity contribution is 7.86. The van der Waals surface area contributed by atoms with Gasteiger partial charge in [0, 0.05) is 19.6 Å². The fourth-order valence-corrected chi connectivity index (χ4v) is 11.1. The first-order valence-corrected chi connectivity index (χ1v) is 20.2. The molecular weight excluding hydrogens is 621 g/mol. The summed E-state index contributed by atoms with van der Waals surface area (Å²) in [6, 6.07) is 0. The summed E-state index contributed by atoms with van der Waals surface area (Å²) in [5.74, 6) is 2.67. The molecule has 0 heterocycles. The summed E-state index contributed by atoms with van der Waals surface area (Å²) in [7, 11) is -8.94. The summed E-state index contributed by atoms with van der Waals surface area (Å²) in [6.07, 6.45) is 11.5. The van der Waals surface area contributed by atoms with E-state index in [-0.39, 0.29) is 24.0 Å². The van der Waals surface area contributed by atoms with E-state index in [1.54, 1.807) is 0 Å². The van der Waals surface area contributed by atoms with Crippen LogP contribution in [-0.4, -0.2) is 68.1 Å². The van der Waals surface area contributed by atoms with Crippen LogP contribution < -0.4 is 5.32 Å². The maximum atomic E-state index is 12.6. The number of nitrogens with one attached hydrogen (secondary N) is 1. The minimum atomic E-state index is -4.83. The lowest BCUT2D eigenvalue weighted by Gasteiger charge is -2.63. The van der Waals surface area contributed by atoms with E-state index in [4.69, 9.17) is 19.3 Å². The van der Waals surface area contributed by atoms with E-state index < -0.39 is 30.5 Å². The zero-order valence-electron chi connectivity index (χ0n) is 28.1. The number of amides is 1. The molecule has 4 saturated carbocycles. The molecule has 0 aromatic heterocycles. The van der Waals surface area contributed by atoms with Gasteiger partial charge in [-0.2, -0.15) is 8.42 Å². The van der Waals surface area contributed by atoms with E-state index in [1.807, 2.05) is 0 Å². The van der Waals surface area contributed by atoms with Gasteiger partial charge < -0.3 is 24.6 Å². The highest BCUT2D eigenvalue weighted by Crippen LogP contribution is 2.68. The third kappa shape index (κ3) is 8.91. The van der Waals surface area contributed by atoms with Crippen LogP contribution in [0.1, 0.15) is 106 Å². The van der Waals surface area contributed by atoms with E-state index in [2.05, 4.69) is 55.6 Å². The molecule has 13 heteroatoms. The van der Waals surface area contributed by atoms with Gasteiger partial charge in [-0.25, -0.2) is 8.75 Å². The van der Waals surface area contributed by atoms with Crippen molar-refractivity contribution in [2.75, 3.05) is 25.7 Å². The van der Waals surface area contributed by atoms with Crippen molar-refractivity contribution < 1.29 is 45.7 Å². The monoisotopic (exact) mass is 679 g/mol. The van der Waals surface area contributed by atoms with Crippen LogP contribution in [-0.2, 0) is 37.7 Å². The normalized spacial score (nSPS) is 37.5. The summed E-state index contributed by atoms with van der Waals surface area (Å²) in [6.45, 7) is 13.3. The molecule has 45 heavy (non-hydrogen) atoms. The third-order valence-electron chi connectivity index (χ3n) is 12.2. The van der Waals surface area contributed by atoms with Gasteiger partial charge in [0.05, 0.1) is 24.1 Å². The Kier molecular flexibility index (Phi) is 12.3. The zero-order valence-corrected chi connectivity index (χ0v) is 29.8. The Labute approximate surface area is 270 Å². The molecule has 0 radical (unpaired) electrons. The van der Waals surface area contributed by atoms with Gasteiger partial charge in [0.2, 0.25) is 5.91 Å². The van der Waals surface area contributed by atoms with Crippen molar-refractivity contribution >= 4 is 23.8 Å². The Morgan fingerprint density at radius 1 is 1.02 bits per heavy atom. The number of ether oxygens (including phenoxy) is 2. The quantitative estimate of drug-likeness (QED) is 0.116. The average molecular weight is 680 g/mol. The SMILES string of the molecule is CCOC1CC2CC(OC(C)C)CCC2(C)C2CCC3(C)C(C(C)CCC(=O)NCCS(=O)(=O)OCOP(=O)(O)O)CCC3C12. The fraction of sp³-hybridized carbons (Fsp3) is 0.969. The van der Waals surface area contributed by atoms with Gasteiger partial charge >= 0.3 is 7.82 Å². The minimum absolute atomic E-state index is 0.152. The molecule has 0 aromatic rings. The van der Waals surface area contributed by atoms with Gasteiger partial charge in [0.1, 0.15) is 0 Å². The Hall–Kier alpha value is -0.590. The topological polar surface area (TPSA) is 158 Å². The van der Waals surface area contributed by atoms with Crippen molar-refractivity contribution in [3.8, 4) is 0 Å². The zero-order chi connectivity index (χ0) is 33.2. The summed E-state index contributed by atoms with van der Waals surface area (Å²) in [5.41, 5.74) is 0.553. The first-order valence-electron chi connectivity index (χ1n) is 17.1. The maximum Gasteiger partial charge on any atom is 0.471 e. The number of phosphoric ester groups is 1. The molecule has 10 atom stereocenters. The lowest BCUT2D eigenvalue weighted by atomic mass is 9.43. The van der Waals surface area contributed by atoms with Crippen molar-refractivity contribution in [1.82, 2.24) is 5.32 Å². The Morgan fingerprint density at radius 3 is 2.38 bits per heavy atom. The first kappa shape index (κ1) is 37.2. The van der Waals surface area contributed by atoms with E-state index in [9.17, 15) is 17.8 Å². The molecule has 4 fully saturated rings. The Bertz CT molecular complexity index is 1160. The second-order valence-electron chi connectivity index (χ2n) is 15.0. The largest absolute Gasteiger partial charge is 0.471 e. The molecule has 3 N–H and O–H groups in total. The second-order valence-corrected chi connectivity index (χ2v) is 18.0. The van der Waals surface area contributed by atoms with Crippen LogP contribution >= 0.6 is 7.82 Å². The molecule has 0 bridgehead atoms.